The van der Waals surface area contributed by atoms with Gasteiger partial charge in [0, 0.05) is 0 Å². The number of hydrogen-bond acceptors (Lipinski definition) is 4. The van der Waals surface area contributed by atoms with Crippen LogP contribution in [0.5, 0.6) is 5.75 Å². The predicted molar refractivity (Wildman–Crippen MR) is 72.8 cm³/mol. The van der Waals surface area contributed by atoms with Gasteiger partial charge in [-0.3, -0.25) is 0 Å². The minimum absolute atomic E-state index is 0.362. The zero-order chi connectivity index (χ0) is 14.7. The summed E-state index contributed by atoms with van der Waals surface area (Å²) in [4.78, 5) is 12.0. The average molecular weight is 332 g/mol. The van der Waals surface area contributed by atoms with E-state index in [2.05, 4.69) is 27.4 Å². The summed E-state index contributed by atoms with van der Waals surface area (Å²) < 4.78 is 5.70. The van der Waals surface area contributed by atoms with Crippen molar-refractivity contribution in [2.45, 2.75) is 5.92 Å². The van der Waals surface area contributed by atoms with Gasteiger partial charge in [0.1, 0.15) is 0 Å². The first-order valence-corrected chi connectivity index (χ1v) is 6.74. The minimum atomic E-state index is -0.950. The monoisotopic (exact) mass is 333 g/mol. The molecule has 0 radical (unpaired) electrons. The summed E-state index contributed by atoms with van der Waals surface area (Å²) in [7, 11) is 1.52. The molecular weight excluding hydrogens is 321 g/mol. The molecule has 0 saturated carbocycles. The summed E-state index contributed by atoms with van der Waals surface area (Å²) in [6.07, 6.45) is 0. The van der Waals surface area contributed by atoms with E-state index in [0.717, 1.165) is 0 Å². The van der Waals surface area contributed by atoms with Gasteiger partial charge in [0.2, 0.25) is 0 Å². The van der Waals surface area contributed by atoms with Crippen molar-refractivity contribution in [3.63, 3.8) is 0 Å². The molecule has 2 unspecified atom stereocenters. The third kappa shape index (κ3) is 2.28. The third-order valence-corrected chi connectivity index (χ3v) is 3.90. The zero-order valence-electron chi connectivity index (χ0n) is 10.6. The number of nitrogens with zero attached hydrogens (tertiary/aromatic N) is 2. The SMILES string of the molecule is COc1ccccc1C1C(C#N)=C([SeH])NC(=O)C1C#N. The van der Waals surface area contributed by atoms with E-state index >= 15 is 0 Å². The molecule has 1 aliphatic heterocycles. The number of amides is 1. The summed E-state index contributed by atoms with van der Waals surface area (Å²) in [5, 5.41) is 21.2. The Morgan fingerprint density at radius 2 is 2.05 bits per heavy atom. The van der Waals surface area contributed by atoms with E-state index in [1.54, 1.807) is 24.3 Å². The van der Waals surface area contributed by atoms with Crippen LogP contribution in [-0.2, 0) is 4.79 Å². The molecule has 1 aliphatic rings. The van der Waals surface area contributed by atoms with Crippen LogP contribution >= 0.6 is 0 Å². The van der Waals surface area contributed by atoms with Crippen LogP contribution < -0.4 is 10.1 Å². The Kier molecular flexibility index (Phi) is 4.10. The van der Waals surface area contributed by atoms with Crippen LogP contribution in [0.3, 0.4) is 0 Å². The Bertz CT molecular complexity index is 670. The van der Waals surface area contributed by atoms with Crippen molar-refractivity contribution < 1.29 is 9.53 Å². The van der Waals surface area contributed by atoms with Crippen molar-refractivity contribution in [1.82, 2.24) is 5.32 Å². The van der Waals surface area contributed by atoms with Gasteiger partial charge in [0.25, 0.3) is 0 Å². The number of carbonyl (C=O) groups excluding carboxylic acids is 1. The van der Waals surface area contributed by atoms with Crippen molar-refractivity contribution in [2.24, 2.45) is 5.92 Å². The summed E-state index contributed by atoms with van der Waals surface area (Å²) in [5.41, 5.74) is 1.03. The van der Waals surface area contributed by atoms with Crippen LogP contribution in [0.25, 0.3) is 0 Å². The number of methoxy groups -OCH3 is 1. The number of para-hydroxylation sites is 1. The first-order valence-electron chi connectivity index (χ1n) is 5.80. The maximum atomic E-state index is 12.0. The first kappa shape index (κ1) is 14.1. The van der Waals surface area contributed by atoms with Gasteiger partial charge >= 0.3 is 124 Å². The van der Waals surface area contributed by atoms with Gasteiger partial charge in [-0.2, -0.15) is 0 Å². The zero-order valence-corrected chi connectivity index (χ0v) is 12.5. The van der Waals surface area contributed by atoms with Gasteiger partial charge in [-0.05, 0) is 0 Å². The molecule has 6 heteroatoms. The maximum absolute atomic E-state index is 12.0. The fraction of sp³-hybridized carbons (Fsp3) is 0.214. The Morgan fingerprint density at radius 1 is 1.35 bits per heavy atom. The molecule has 1 heterocycles. The number of allylic oxidation sites excluding steroid dienone is 1. The molecule has 0 aliphatic carbocycles. The number of carbonyl (C=O) groups is 1. The number of nitriles is 2. The molecule has 0 saturated heterocycles. The standard InChI is InChI=1S/C14H11N3O2Se/c1-19-11-5-3-2-4-8(11)12-9(6-15)13(18)17-14(20)10(12)7-16/h2-5,9,12,20H,1H3,(H,17,18). The average Bonchev–Trinajstić information content (AvgIpc) is 2.46. The van der Waals surface area contributed by atoms with Gasteiger partial charge in [-0.25, -0.2) is 0 Å². The Labute approximate surface area is 124 Å². The Balaban J connectivity index is 2.66. The fourth-order valence-corrected chi connectivity index (χ4v) is 2.87. The number of hydrogen-bond donors (Lipinski definition) is 1. The second kappa shape index (κ2) is 5.79. The summed E-state index contributed by atoms with van der Waals surface area (Å²) >= 11 is 2.16. The molecule has 20 heavy (non-hydrogen) atoms. The van der Waals surface area contributed by atoms with Crippen molar-refractivity contribution in [3.8, 4) is 17.9 Å². The summed E-state index contributed by atoms with van der Waals surface area (Å²) in [6, 6.07) is 11.2. The van der Waals surface area contributed by atoms with Crippen molar-refractivity contribution in [3.05, 3.63) is 40.0 Å². The molecule has 2 rings (SSSR count). The molecule has 2 atom stereocenters. The Morgan fingerprint density at radius 3 is 2.65 bits per heavy atom. The molecule has 1 N–H and O–H groups in total. The van der Waals surface area contributed by atoms with E-state index in [9.17, 15) is 15.3 Å². The molecule has 1 aromatic carbocycles. The van der Waals surface area contributed by atoms with Gasteiger partial charge in [0.05, 0.1) is 0 Å². The quantitative estimate of drug-likeness (QED) is 0.807. The number of benzene rings is 1. The number of rotatable bonds is 2. The van der Waals surface area contributed by atoms with E-state index in [0.29, 0.717) is 21.5 Å². The topological polar surface area (TPSA) is 85.9 Å². The van der Waals surface area contributed by atoms with Gasteiger partial charge in [0.15, 0.2) is 0 Å². The van der Waals surface area contributed by atoms with E-state index in [1.165, 1.54) is 7.11 Å². The second-order valence-electron chi connectivity index (χ2n) is 4.19. The number of ether oxygens (including phenoxy) is 1. The van der Waals surface area contributed by atoms with Crippen LogP contribution in [0.15, 0.2) is 34.4 Å². The van der Waals surface area contributed by atoms with Gasteiger partial charge in [-0.15, -0.1) is 0 Å². The molecule has 0 spiro atoms. The normalized spacial score (nSPS) is 21.7. The summed E-state index contributed by atoms with van der Waals surface area (Å²) in [5.74, 6) is -1.42. The Hall–Kier alpha value is -2.27. The summed E-state index contributed by atoms with van der Waals surface area (Å²) in [6.45, 7) is 0. The molecule has 1 aromatic rings. The van der Waals surface area contributed by atoms with Crippen molar-refractivity contribution >= 4 is 21.9 Å². The van der Waals surface area contributed by atoms with Gasteiger partial charge in [-0.1, -0.05) is 0 Å². The van der Waals surface area contributed by atoms with E-state index in [1.807, 2.05) is 6.07 Å². The van der Waals surface area contributed by atoms with E-state index in [-0.39, 0.29) is 0 Å². The fourth-order valence-electron chi connectivity index (χ4n) is 2.24. The van der Waals surface area contributed by atoms with Crippen LogP contribution in [0, 0.1) is 28.6 Å². The van der Waals surface area contributed by atoms with Crippen molar-refractivity contribution in [1.29, 1.82) is 10.5 Å². The van der Waals surface area contributed by atoms with E-state index in [4.69, 9.17) is 4.74 Å². The molecule has 0 fully saturated rings. The molecule has 0 aromatic heterocycles. The van der Waals surface area contributed by atoms with Crippen LogP contribution in [0.4, 0.5) is 0 Å². The molecule has 100 valence electrons. The predicted octanol–water partition coefficient (Wildman–Crippen LogP) is 0.684. The molecular formula is C14H11N3O2Se. The first-order chi connectivity index (χ1) is 9.63. The molecule has 1 amide bonds. The third-order valence-electron chi connectivity index (χ3n) is 3.16. The molecule has 0 bridgehead atoms. The van der Waals surface area contributed by atoms with E-state index < -0.39 is 17.7 Å². The van der Waals surface area contributed by atoms with Crippen LogP contribution in [0.2, 0.25) is 0 Å². The van der Waals surface area contributed by atoms with Crippen LogP contribution in [0.1, 0.15) is 11.5 Å². The molecule has 5 nitrogen and oxygen atoms in total. The van der Waals surface area contributed by atoms with Crippen LogP contribution in [-0.4, -0.2) is 29.0 Å². The number of nitrogens with one attached hydrogen (secondary N) is 1. The second-order valence-corrected chi connectivity index (χ2v) is 5.13. The van der Waals surface area contributed by atoms with Gasteiger partial charge < -0.3 is 0 Å². The van der Waals surface area contributed by atoms with Crippen molar-refractivity contribution in [2.75, 3.05) is 7.11 Å².